The number of nitrogens with zero attached hydrogens (tertiary/aromatic N) is 1. The second kappa shape index (κ2) is 11.5. The number of alkyl halides is 3. The zero-order valence-corrected chi connectivity index (χ0v) is 22.3. The molecule has 0 N–H and O–H groups in total. The van der Waals surface area contributed by atoms with E-state index in [9.17, 15) is 22.8 Å². The minimum atomic E-state index is -5.04. The lowest BCUT2D eigenvalue weighted by atomic mass is 9.73. The van der Waals surface area contributed by atoms with E-state index in [4.69, 9.17) is 14.2 Å². The lowest BCUT2D eigenvalue weighted by Crippen LogP contribution is -2.41. The van der Waals surface area contributed by atoms with Gasteiger partial charge < -0.3 is 19.1 Å². The molecule has 1 aliphatic carbocycles. The zero-order valence-electron chi connectivity index (χ0n) is 22.3. The molecule has 1 heterocycles. The molecule has 3 aromatic rings. The topological polar surface area (TPSA) is 65.1 Å². The first-order valence-electron chi connectivity index (χ1n) is 13.1. The van der Waals surface area contributed by atoms with Crippen molar-refractivity contribution in [3.63, 3.8) is 0 Å². The summed E-state index contributed by atoms with van der Waals surface area (Å²) in [5.41, 5.74) is 1.63. The molecule has 0 unspecified atom stereocenters. The van der Waals surface area contributed by atoms with Crippen LogP contribution in [0.2, 0.25) is 0 Å². The summed E-state index contributed by atoms with van der Waals surface area (Å²) in [6.45, 7) is -0.229. The van der Waals surface area contributed by atoms with Gasteiger partial charge in [-0.3, -0.25) is 9.59 Å². The highest BCUT2D eigenvalue weighted by molar-refractivity contribution is 6.01. The molecule has 0 saturated carbocycles. The van der Waals surface area contributed by atoms with Crippen LogP contribution in [0.1, 0.15) is 28.7 Å². The van der Waals surface area contributed by atoms with Crippen molar-refractivity contribution in [1.82, 2.24) is 4.90 Å². The number of benzene rings is 3. The Morgan fingerprint density at radius 2 is 1.49 bits per heavy atom. The molecule has 5 rings (SSSR count). The first-order valence-corrected chi connectivity index (χ1v) is 13.1. The van der Waals surface area contributed by atoms with Crippen LogP contribution in [0.4, 0.5) is 13.2 Å². The van der Waals surface area contributed by atoms with Crippen molar-refractivity contribution in [1.29, 1.82) is 0 Å². The fourth-order valence-electron chi connectivity index (χ4n) is 5.19. The molecule has 0 saturated heterocycles. The van der Waals surface area contributed by atoms with Gasteiger partial charge in [0.1, 0.15) is 13.2 Å². The third-order valence-electron chi connectivity index (χ3n) is 7.19. The van der Waals surface area contributed by atoms with Crippen LogP contribution in [0.5, 0.6) is 17.2 Å². The van der Waals surface area contributed by atoms with E-state index in [-0.39, 0.29) is 55.8 Å². The molecular weight excluding hydrogens is 535 g/mol. The normalized spacial score (nSPS) is 15.8. The van der Waals surface area contributed by atoms with Crippen LogP contribution in [0.15, 0.2) is 91.0 Å². The van der Waals surface area contributed by atoms with Gasteiger partial charge in [-0.05, 0) is 41.3 Å². The van der Waals surface area contributed by atoms with Crippen molar-refractivity contribution in [2.75, 3.05) is 13.7 Å². The predicted molar refractivity (Wildman–Crippen MR) is 146 cm³/mol. The van der Waals surface area contributed by atoms with E-state index in [0.29, 0.717) is 11.1 Å². The number of methoxy groups -OCH3 is 1. The van der Waals surface area contributed by atoms with Crippen LogP contribution < -0.4 is 14.2 Å². The minimum Gasteiger partial charge on any atom is -0.490 e. The fraction of sp³-hybridized carbons (Fsp3) is 0.250. The lowest BCUT2D eigenvalue weighted by molar-refractivity contribution is -0.186. The van der Waals surface area contributed by atoms with Crippen LogP contribution >= 0.6 is 0 Å². The van der Waals surface area contributed by atoms with E-state index in [1.807, 2.05) is 60.7 Å². The summed E-state index contributed by atoms with van der Waals surface area (Å²) in [4.78, 5) is 25.3. The van der Waals surface area contributed by atoms with Crippen LogP contribution in [0, 0.1) is 0 Å². The third-order valence-corrected chi connectivity index (χ3v) is 7.19. The highest BCUT2D eigenvalue weighted by atomic mass is 19.4. The van der Waals surface area contributed by atoms with Crippen molar-refractivity contribution in [3.8, 4) is 17.2 Å². The van der Waals surface area contributed by atoms with Gasteiger partial charge in [0, 0.05) is 24.1 Å². The Morgan fingerprint density at radius 3 is 2.05 bits per heavy atom. The number of allylic oxidation sites excluding steroid dienone is 4. The van der Waals surface area contributed by atoms with E-state index in [1.165, 1.54) is 19.3 Å². The monoisotopic (exact) mass is 563 g/mol. The second-order valence-electron chi connectivity index (χ2n) is 9.90. The summed E-state index contributed by atoms with van der Waals surface area (Å²) in [5, 5.41) is 0. The van der Waals surface area contributed by atoms with Gasteiger partial charge in [-0.1, -0.05) is 72.8 Å². The molecule has 0 aromatic heterocycles. The van der Waals surface area contributed by atoms with Gasteiger partial charge in [-0.2, -0.15) is 13.2 Å². The summed E-state index contributed by atoms with van der Waals surface area (Å²) >= 11 is 0. The summed E-state index contributed by atoms with van der Waals surface area (Å²) < 4.78 is 59.1. The highest BCUT2D eigenvalue weighted by Crippen LogP contribution is 2.51. The van der Waals surface area contributed by atoms with Gasteiger partial charge in [0.15, 0.2) is 17.3 Å². The van der Waals surface area contributed by atoms with Gasteiger partial charge in [0.05, 0.1) is 7.11 Å². The summed E-state index contributed by atoms with van der Waals surface area (Å²) in [6, 6.07) is 20.4. The number of ketones is 1. The number of rotatable bonds is 7. The molecule has 0 bridgehead atoms. The number of carbonyl (C=O) groups is 2. The predicted octanol–water partition coefficient (Wildman–Crippen LogP) is 6.08. The standard InChI is InChI=1S/C32H28F3NO5/c1-39-28-26(40-20-22-8-4-2-5-9-22)18-24-19-36(30(38)32(33,34)35)17-16-31(14-12-25(37)13-15-31)27(24)29(28)41-21-23-10-6-3-7-11-23/h2-15,18H,16-17,19-21H2,1H3. The van der Waals surface area contributed by atoms with Crippen LogP contribution in [0.3, 0.4) is 0 Å². The molecule has 0 radical (unpaired) electrons. The average molecular weight is 564 g/mol. The van der Waals surface area contributed by atoms with E-state index in [0.717, 1.165) is 16.0 Å². The maximum absolute atomic E-state index is 13.6. The molecule has 1 aliphatic heterocycles. The number of amides is 1. The smallest absolute Gasteiger partial charge is 0.471 e. The molecule has 41 heavy (non-hydrogen) atoms. The van der Waals surface area contributed by atoms with E-state index < -0.39 is 17.5 Å². The lowest BCUT2D eigenvalue weighted by Gasteiger charge is -2.32. The van der Waals surface area contributed by atoms with Crippen molar-refractivity contribution in [3.05, 3.63) is 113 Å². The zero-order chi connectivity index (χ0) is 29.0. The molecule has 3 aromatic carbocycles. The van der Waals surface area contributed by atoms with Crippen LogP contribution in [0.25, 0.3) is 0 Å². The van der Waals surface area contributed by atoms with E-state index in [2.05, 4.69) is 0 Å². The number of ether oxygens (including phenoxy) is 3. The van der Waals surface area contributed by atoms with Gasteiger partial charge in [0.2, 0.25) is 5.75 Å². The molecular formula is C32H28F3NO5. The van der Waals surface area contributed by atoms with Crippen molar-refractivity contribution >= 4 is 11.7 Å². The van der Waals surface area contributed by atoms with Gasteiger partial charge >= 0.3 is 12.1 Å². The number of carbonyl (C=O) groups excluding carboxylic acids is 2. The van der Waals surface area contributed by atoms with Gasteiger partial charge in [0.25, 0.3) is 0 Å². The third kappa shape index (κ3) is 5.99. The van der Waals surface area contributed by atoms with Crippen molar-refractivity contribution in [2.45, 2.75) is 37.8 Å². The van der Waals surface area contributed by atoms with Gasteiger partial charge in [-0.25, -0.2) is 0 Å². The molecule has 1 amide bonds. The molecule has 0 atom stereocenters. The Morgan fingerprint density at radius 1 is 0.902 bits per heavy atom. The Hall–Kier alpha value is -4.53. The fourth-order valence-corrected chi connectivity index (χ4v) is 5.19. The summed E-state index contributed by atoms with van der Waals surface area (Å²) in [6.07, 6.45) is 1.15. The minimum absolute atomic E-state index is 0.0944. The molecule has 1 spiro atoms. The largest absolute Gasteiger partial charge is 0.490 e. The Bertz CT molecular complexity index is 1470. The van der Waals surface area contributed by atoms with E-state index in [1.54, 1.807) is 18.2 Å². The van der Waals surface area contributed by atoms with Gasteiger partial charge in [-0.15, -0.1) is 0 Å². The molecule has 6 nitrogen and oxygen atoms in total. The maximum Gasteiger partial charge on any atom is 0.471 e. The molecule has 9 heteroatoms. The quantitative estimate of drug-likeness (QED) is 0.349. The van der Waals surface area contributed by atoms with E-state index >= 15 is 0 Å². The molecule has 212 valence electrons. The van der Waals surface area contributed by atoms with Crippen LogP contribution in [-0.2, 0) is 34.8 Å². The maximum atomic E-state index is 13.6. The molecule has 0 fully saturated rings. The first kappa shape index (κ1) is 28.0. The number of hydrogen-bond donors (Lipinski definition) is 0. The Balaban J connectivity index is 1.67. The second-order valence-corrected chi connectivity index (χ2v) is 9.90. The molecule has 2 aliphatic rings. The Labute approximate surface area is 235 Å². The first-order chi connectivity index (χ1) is 19.7. The summed E-state index contributed by atoms with van der Waals surface area (Å²) in [5.74, 6) is -1.37. The SMILES string of the molecule is COc1c(OCc2ccccc2)cc2c(c1OCc1ccccc1)C1(C=CC(=O)C=C1)CCN(C(=O)C(F)(F)F)C2. The van der Waals surface area contributed by atoms with Crippen molar-refractivity contribution in [2.24, 2.45) is 0 Å². The average Bonchev–Trinajstić information content (AvgIpc) is 3.13. The highest BCUT2D eigenvalue weighted by Gasteiger charge is 2.46. The summed E-state index contributed by atoms with van der Waals surface area (Å²) in [7, 11) is 1.46. The number of fused-ring (bicyclic) bond motifs is 2. The number of halogens is 3. The van der Waals surface area contributed by atoms with Crippen molar-refractivity contribution < 1.29 is 37.0 Å². The number of hydrogen-bond acceptors (Lipinski definition) is 5. The van der Waals surface area contributed by atoms with Crippen LogP contribution in [-0.4, -0.2) is 36.4 Å². The Kier molecular flexibility index (Phi) is 7.88.